The van der Waals surface area contributed by atoms with Crippen molar-refractivity contribution in [1.82, 2.24) is 0 Å². The van der Waals surface area contributed by atoms with E-state index in [-0.39, 0.29) is 0 Å². The molecule has 76 valence electrons. The van der Waals surface area contributed by atoms with Crippen molar-refractivity contribution in [3.05, 3.63) is 29.8 Å². The number of aliphatic imine (C=N–C) groups is 1. The highest BCUT2D eigenvalue weighted by atomic mass is 14.7. The molecule has 0 radical (unpaired) electrons. The summed E-state index contributed by atoms with van der Waals surface area (Å²) < 4.78 is 0. The molecule has 15 heavy (non-hydrogen) atoms. The van der Waals surface area contributed by atoms with Gasteiger partial charge in [0.15, 0.2) is 0 Å². The quantitative estimate of drug-likeness (QED) is 0.679. The maximum absolute atomic E-state index is 8.77. The highest BCUT2D eigenvalue weighted by molar-refractivity contribution is 5.87. The van der Waals surface area contributed by atoms with Crippen LogP contribution in [0.4, 0.5) is 5.69 Å². The second-order valence-electron chi connectivity index (χ2n) is 3.90. The normalized spacial score (nSPS) is 15.8. The fraction of sp³-hybridized carbons (Fsp3) is 0.385. The zero-order valence-electron chi connectivity index (χ0n) is 8.74. The van der Waals surface area contributed by atoms with Crippen LogP contribution in [0.2, 0.25) is 0 Å². The first-order valence-electron chi connectivity index (χ1n) is 5.45. The molecule has 1 saturated carbocycles. The molecule has 0 spiro atoms. The molecule has 1 aliphatic rings. The van der Waals surface area contributed by atoms with E-state index in [2.05, 4.69) is 11.1 Å². The molecule has 0 atom stereocenters. The smallest absolute Gasteiger partial charge is 0.0992 e. The van der Waals surface area contributed by atoms with E-state index in [1.165, 1.54) is 25.0 Å². The van der Waals surface area contributed by atoms with Gasteiger partial charge in [0, 0.05) is 5.71 Å². The van der Waals surface area contributed by atoms with Crippen LogP contribution in [0.25, 0.3) is 0 Å². The van der Waals surface area contributed by atoms with E-state index in [4.69, 9.17) is 5.26 Å². The van der Waals surface area contributed by atoms with Crippen molar-refractivity contribution in [3.8, 4) is 6.07 Å². The molecule has 0 heterocycles. The number of hydrogen-bond acceptors (Lipinski definition) is 2. The molecule has 1 aromatic carbocycles. The van der Waals surface area contributed by atoms with E-state index in [0.29, 0.717) is 5.56 Å². The number of nitriles is 1. The lowest BCUT2D eigenvalue weighted by Gasteiger charge is -2.11. The Morgan fingerprint density at radius 2 is 1.93 bits per heavy atom. The van der Waals surface area contributed by atoms with Crippen molar-refractivity contribution in [3.63, 3.8) is 0 Å². The second-order valence-corrected chi connectivity index (χ2v) is 3.90. The Kier molecular flexibility index (Phi) is 3.14. The van der Waals surface area contributed by atoms with Gasteiger partial charge in [-0.25, -0.2) is 0 Å². The zero-order chi connectivity index (χ0) is 10.5. The predicted molar refractivity (Wildman–Crippen MR) is 61.3 cm³/mol. The molecule has 0 saturated heterocycles. The summed E-state index contributed by atoms with van der Waals surface area (Å²) in [4.78, 5) is 4.59. The number of hydrogen-bond donors (Lipinski definition) is 0. The Morgan fingerprint density at radius 1 is 1.13 bits per heavy atom. The topological polar surface area (TPSA) is 36.1 Å². The van der Waals surface area contributed by atoms with Crippen molar-refractivity contribution in [2.75, 3.05) is 0 Å². The number of rotatable bonds is 1. The third kappa shape index (κ3) is 2.66. The summed E-state index contributed by atoms with van der Waals surface area (Å²) in [6, 6.07) is 9.64. The maximum Gasteiger partial charge on any atom is 0.0992 e. The van der Waals surface area contributed by atoms with Gasteiger partial charge in [-0.1, -0.05) is 12.5 Å². The lowest BCUT2D eigenvalue weighted by molar-refractivity contribution is 0.667. The number of benzene rings is 1. The van der Waals surface area contributed by atoms with Gasteiger partial charge in [0.05, 0.1) is 17.3 Å². The van der Waals surface area contributed by atoms with Crippen molar-refractivity contribution in [2.45, 2.75) is 32.1 Å². The molecule has 2 nitrogen and oxygen atoms in total. The Balaban J connectivity index is 2.19. The van der Waals surface area contributed by atoms with E-state index < -0.39 is 0 Å². The van der Waals surface area contributed by atoms with Gasteiger partial charge in [0.2, 0.25) is 0 Å². The fourth-order valence-electron chi connectivity index (χ4n) is 1.90. The van der Waals surface area contributed by atoms with Gasteiger partial charge in [-0.3, -0.25) is 4.99 Å². The first-order valence-corrected chi connectivity index (χ1v) is 5.45. The molecule has 1 aromatic rings. The Bertz CT molecular complexity index is 405. The van der Waals surface area contributed by atoms with Gasteiger partial charge in [-0.15, -0.1) is 0 Å². The minimum Gasteiger partial charge on any atom is -0.258 e. The molecule has 0 unspecified atom stereocenters. The van der Waals surface area contributed by atoms with Crippen molar-refractivity contribution in [2.24, 2.45) is 4.99 Å². The van der Waals surface area contributed by atoms with Gasteiger partial charge < -0.3 is 0 Å². The lowest BCUT2D eigenvalue weighted by atomic mass is 9.98. The van der Waals surface area contributed by atoms with Gasteiger partial charge in [-0.2, -0.15) is 5.26 Å². The molecule has 2 heteroatoms. The van der Waals surface area contributed by atoms with Crippen LogP contribution in [-0.4, -0.2) is 5.71 Å². The van der Waals surface area contributed by atoms with Crippen LogP contribution >= 0.6 is 0 Å². The van der Waals surface area contributed by atoms with Gasteiger partial charge in [-0.05, 0) is 43.9 Å². The first-order chi connectivity index (χ1) is 7.38. The van der Waals surface area contributed by atoms with Crippen molar-refractivity contribution in [1.29, 1.82) is 5.26 Å². The molecule has 0 aromatic heterocycles. The minimum absolute atomic E-state index is 0.688. The third-order valence-electron chi connectivity index (χ3n) is 2.69. The van der Waals surface area contributed by atoms with Crippen LogP contribution in [0.1, 0.15) is 37.7 Å². The molecule has 1 fully saturated rings. The van der Waals surface area contributed by atoms with E-state index in [9.17, 15) is 0 Å². The van der Waals surface area contributed by atoms with Crippen molar-refractivity contribution >= 4 is 11.4 Å². The molecule has 0 amide bonds. The van der Waals surface area contributed by atoms with E-state index in [1.54, 1.807) is 0 Å². The van der Waals surface area contributed by atoms with Gasteiger partial charge in [0.1, 0.15) is 0 Å². The summed E-state index contributed by atoms with van der Waals surface area (Å²) in [7, 11) is 0. The molecule has 0 bridgehead atoms. The summed E-state index contributed by atoms with van der Waals surface area (Å²) >= 11 is 0. The Hall–Kier alpha value is -1.62. The van der Waals surface area contributed by atoms with Crippen molar-refractivity contribution < 1.29 is 0 Å². The fourth-order valence-corrected chi connectivity index (χ4v) is 1.90. The highest BCUT2D eigenvalue weighted by Gasteiger charge is 2.06. The van der Waals surface area contributed by atoms with E-state index in [0.717, 1.165) is 18.5 Å². The average molecular weight is 198 g/mol. The summed E-state index contributed by atoms with van der Waals surface area (Å²) in [6.45, 7) is 0. The second kappa shape index (κ2) is 4.75. The van der Waals surface area contributed by atoms with Gasteiger partial charge in [0.25, 0.3) is 0 Å². The molecular weight excluding hydrogens is 184 g/mol. The summed E-state index contributed by atoms with van der Waals surface area (Å²) in [6.07, 6.45) is 6.10. The Labute approximate surface area is 90.3 Å². The van der Waals surface area contributed by atoms with Crippen LogP contribution in [0.5, 0.6) is 0 Å². The monoisotopic (exact) mass is 198 g/mol. The summed E-state index contributed by atoms with van der Waals surface area (Å²) in [5.74, 6) is 0. The zero-order valence-corrected chi connectivity index (χ0v) is 8.74. The van der Waals surface area contributed by atoms with Gasteiger partial charge >= 0.3 is 0 Å². The van der Waals surface area contributed by atoms with Crippen LogP contribution in [0, 0.1) is 11.3 Å². The Morgan fingerprint density at radius 3 is 2.67 bits per heavy atom. The maximum atomic E-state index is 8.77. The molecule has 1 aliphatic carbocycles. The minimum atomic E-state index is 0.688. The third-order valence-corrected chi connectivity index (χ3v) is 2.69. The molecule has 0 aliphatic heterocycles. The standard InChI is InChI=1S/C13H14N2/c14-10-11-5-4-8-13(9-11)15-12-6-2-1-3-7-12/h4-5,8-9H,1-3,6-7H2. The predicted octanol–water partition coefficient (Wildman–Crippen LogP) is 3.59. The average Bonchev–Trinajstić information content (AvgIpc) is 2.31. The molecule has 2 rings (SSSR count). The first kappa shape index (κ1) is 9.92. The largest absolute Gasteiger partial charge is 0.258 e. The molecule has 0 N–H and O–H groups in total. The summed E-state index contributed by atoms with van der Waals surface area (Å²) in [5, 5.41) is 8.77. The summed E-state index contributed by atoms with van der Waals surface area (Å²) in [5.41, 5.74) is 2.90. The van der Waals surface area contributed by atoms with Crippen LogP contribution in [-0.2, 0) is 0 Å². The van der Waals surface area contributed by atoms with Crippen LogP contribution in [0.15, 0.2) is 29.3 Å². The van der Waals surface area contributed by atoms with Crippen LogP contribution < -0.4 is 0 Å². The number of nitrogens with zero attached hydrogens (tertiary/aromatic N) is 2. The lowest BCUT2D eigenvalue weighted by Crippen LogP contribution is -2.03. The van der Waals surface area contributed by atoms with E-state index >= 15 is 0 Å². The van der Waals surface area contributed by atoms with Crippen LogP contribution in [0.3, 0.4) is 0 Å². The van der Waals surface area contributed by atoms with E-state index in [1.807, 2.05) is 24.3 Å². The SMILES string of the molecule is N#Cc1cccc(N=C2CCCCC2)c1. The highest BCUT2D eigenvalue weighted by Crippen LogP contribution is 2.20. The molecular formula is C13H14N2.